The zero-order valence-electron chi connectivity index (χ0n) is 10.5. The van der Waals surface area contributed by atoms with Gasteiger partial charge in [-0.1, -0.05) is 11.6 Å². The van der Waals surface area contributed by atoms with E-state index in [2.05, 4.69) is 4.72 Å². The molecule has 1 aromatic rings. The zero-order chi connectivity index (χ0) is 14.8. The summed E-state index contributed by atoms with van der Waals surface area (Å²) in [5.41, 5.74) is 0.0529. The van der Waals surface area contributed by atoms with Crippen molar-refractivity contribution in [2.45, 2.75) is 18.1 Å². The molecule has 6 nitrogen and oxygen atoms in total. The quantitative estimate of drug-likeness (QED) is 0.885. The average Bonchev–Trinajstić information content (AvgIpc) is 2.41. The van der Waals surface area contributed by atoms with Crippen LogP contribution in [0.25, 0.3) is 0 Å². The molecule has 0 spiro atoms. The van der Waals surface area contributed by atoms with E-state index in [1.165, 1.54) is 18.2 Å². The van der Waals surface area contributed by atoms with Crippen molar-refractivity contribution < 1.29 is 23.1 Å². The molecule has 1 saturated heterocycles. The highest BCUT2D eigenvalue weighted by Gasteiger charge is 2.27. The van der Waals surface area contributed by atoms with E-state index in [1.807, 2.05) is 0 Å². The summed E-state index contributed by atoms with van der Waals surface area (Å²) in [4.78, 5) is 11.0. The predicted molar refractivity (Wildman–Crippen MR) is 74.8 cm³/mol. The van der Waals surface area contributed by atoms with Crippen molar-refractivity contribution in [1.82, 2.24) is 0 Å². The number of rotatable bonds is 4. The van der Waals surface area contributed by atoms with Crippen LogP contribution >= 0.6 is 11.6 Å². The Morgan fingerprint density at radius 2 is 2.00 bits per heavy atom. The van der Waals surface area contributed by atoms with E-state index in [4.69, 9.17) is 21.4 Å². The fraction of sp³-hybridized carbons (Fsp3) is 0.417. The lowest BCUT2D eigenvalue weighted by Gasteiger charge is -2.22. The highest BCUT2D eigenvalue weighted by atomic mass is 35.5. The van der Waals surface area contributed by atoms with Gasteiger partial charge in [0.15, 0.2) is 0 Å². The van der Waals surface area contributed by atoms with Crippen molar-refractivity contribution >= 4 is 33.3 Å². The number of anilines is 1. The van der Waals surface area contributed by atoms with Crippen LogP contribution in [0.1, 0.15) is 23.2 Å². The molecule has 0 amide bonds. The molecule has 0 aliphatic carbocycles. The van der Waals surface area contributed by atoms with Crippen molar-refractivity contribution in [3.63, 3.8) is 0 Å². The normalized spacial score (nSPS) is 16.9. The van der Waals surface area contributed by atoms with Crippen molar-refractivity contribution in [3.05, 3.63) is 28.8 Å². The third-order valence-corrected chi connectivity index (χ3v) is 5.26. The van der Waals surface area contributed by atoms with Gasteiger partial charge in [0.1, 0.15) is 0 Å². The number of sulfonamides is 1. The minimum atomic E-state index is -3.56. The summed E-state index contributed by atoms with van der Waals surface area (Å²) < 4.78 is 31.9. The number of carboxylic acids is 1. The lowest BCUT2D eigenvalue weighted by molar-refractivity contribution is 0.0697. The van der Waals surface area contributed by atoms with Crippen LogP contribution in [0.5, 0.6) is 0 Å². The predicted octanol–water partition coefficient (Wildman–Crippen LogP) is 1.96. The molecule has 1 fully saturated rings. The van der Waals surface area contributed by atoms with Gasteiger partial charge in [0.05, 0.1) is 15.8 Å². The lowest BCUT2D eigenvalue weighted by Crippen LogP contribution is -2.33. The number of hydrogen-bond acceptors (Lipinski definition) is 4. The first-order valence-electron chi connectivity index (χ1n) is 6.02. The van der Waals surface area contributed by atoms with Crippen LogP contribution in [-0.2, 0) is 14.8 Å². The van der Waals surface area contributed by atoms with Gasteiger partial charge in [-0.2, -0.15) is 0 Å². The molecule has 1 aliphatic rings. The van der Waals surface area contributed by atoms with Crippen LogP contribution in [0.4, 0.5) is 5.69 Å². The van der Waals surface area contributed by atoms with Crippen LogP contribution in [0, 0.1) is 0 Å². The minimum Gasteiger partial charge on any atom is -0.478 e. The fourth-order valence-electron chi connectivity index (χ4n) is 1.99. The molecule has 110 valence electrons. The molecule has 2 N–H and O–H groups in total. The maximum atomic E-state index is 12.2. The number of benzene rings is 1. The molecule has 8 heteroatoms. The highest BCUT2D eigenvalue weighted by molar-refractivity contribution is 7.93. The van der Waals surface area contributed by atoms with Crippen LogP contribution in [-0.4, -0.2) is 38.0 Å². The Morgan fingerprint density at radius 1 is 1.35 bits per heavy atom. The van der Waals surface area contributed by atoms with Crippen molar-refractivity contribution in [1.29, 1.82) is 0 Å². The molecule has 1 aromatic carbocycles. The molecule has 1 aliphatic heterocycles. The van der Waals surface area contributed by atoms with Crippen LogP contribution in [0.15, 0.2) is 18.2 Å². The maximum Gasteiger partial charge on any atom is 0.337 e. The molecular formula is C12H14ClNO5S. The molecule has 1 heterocycles. The van der Waals surface area contributed by atoms with Crippen LogP contribution < -0.4 is 4.72 Å². The number of halogens is 1. The number of ether oxygens (including phenoxy) is 1. The number of aromatic carboxylic acids is 1. The first-order chi connectivity index (χ1) is 9.40. The molecule has 0 saturated carbocycles. The first-order valence-corrected chi connectivity index (χ1v) is 7.95. The van der Waals surface area contributed by atoms with Gasteiger partial charge < -0.3 is 9.84 Å². The van der Waals surface area contributed by atoms with Crippen molar-refractivity contribution in [3.8, 4) is 0 Å². The Kier molecular flexibility index (Phi) is 4.52. The summed E-state index contributed by atoms with van der Waals surface area (Å²) in [6.07, 6.45) is 0.851. The molecule has 0 aromatic heterocycles. The monoisotopic (exact) mass is 319 g/mol. The molecule has 0 unspecified atom stereocenters. The van der Waals surface area contributed by atoms with Gasteiger partial charge in [0, 0.05) is 18.9 Å². The van der Waals surface area contributed by atoms with Gasteiger partial charge in [-0.15, -0.1) is 0 Å². The highest BCUT2D eigenvalue weighted by Crippen LogP contribution is 2.24. The van der Waals surface area contributed by atoms with E-state index < -0.39 is 21.2 Å². The third-order valence-electron chi connectivity index (χ3n) is 3.06. The van der Waals surface area contributed by atoms with E-state index >= 15 is 0 Å². The van der Waals surface area contributed by atoms with E-state index in [1.54, 1.807) is 0 Å². The Morgan fingerprint density at radius 3 is 2.60 bits per heavy atom. The fourth-order valence-corrected chi connectivity index (χ4v) is 3.62. The number of nitrogens with one attached hydrogen (secondary N) is 1. The molecular weight excluding hydrogens is 306 g/mol. The SMILES string of the molecule is O=C(O)c1cc(NS(=O)(=O)C2CCOCC2)ccc1Cl. The van der Waals surface area contributed by atoms with E-state index in [0.29, 0.717) is 26.1 Å². The number of carbonyl (C=O) groups is 1. The molecule has 2 rings (SSSR count). The van der Waals surface area contributed by atoms with Gasteiger partial charge in [-0.05, 0) is 31.0 Å². The summed E-state index contributed by atoms with van der Waals surface area (Å²) in [6, 6.07) is 4.00. The maximum absolute atomic E-state index is 12.2. The van der Waals surface area contributed by atoms with Gasteiger partial charge in [-0.25, -0.2) is 13.2 Å². The number of hydrogen-bond donors (Lipinski definition) is 2. The Labute approximate surface area is 121 Å². The smallest absolute Gasteiger partial charge is 0.337 e. The second kappa shape index (κ2) is 5.99. The van der Waals surface area contributed by atoms with Crippen molar-refractivity contribution in [2.75, 3.05) is 17.9 Å². The third kappa shape index (κ3) is 3.41. The van der Waals surface area contributed by atoms with Gasteiger partial charge in [-0.3, -0.25) is 4.72 Å². The standard InChI is InChI=1S/C12H14ClNO5S/c13-11-2-1-8(7-10(11)12(15)16)14-20(17,18)9-3-5-19-6-4-9/h1-2,7,9,14H,3-6H2,(H,15,16). The van der Waals surface area contributed by atoms with Gasteiger partial charge in [0.2, 0.25) is 10.0 Å². The topological polar surface area (TPSA) is 92.7 Å². The molecule has 20 heavy (non-hydrogen) atoms. The second-order valence-corrected chi connectivity index (χ2v) is 6.83. The lowest BCUT2D eigenvalue weighted by atomic mass is 10.2. The molecule has 0 bridgehead atoms. The Hall–Kier alpha value is -1.31. The van der Waals surface area contributed by atoms with Gasteiger partial charge >= 0.3 is 5.97 Å². The average molecular weight is 320 g/mol. The van der Waals surface area contributed by atoms with Gasteiger partial charge in [0.25, 0.3) is 0 Å². The second-order valence-electron chi connectivity index (χ2n) is 4.46. The van der Waals surface area contributed by atoms with Crippen molar-refractivity contribution in [2.24, 2.45) is 0 Å². The van der Waals surface area contributed by atoms with E-state index in [0.717, 1.165) is 0 Å². The summed E-state index contributed by atoms with van der Waals surface area (Å²) in [6.45, 7) is 0.819. The minimum absolute atomic E-state index is 0.0616. The Balaban J connectivity index is 2.20. The zero-order valence-corrected chi connectivity index (χ0v) is 12.1. The Bertz CT molecular complexity index is 610. The van der Waals surface area contributed by atoms with Crippen LogP contribution in [0.3, 0.4) is 0 Å². The number of carboxylic acid groups (broad SMARTS) is 1. The summed E-state index contributed by atoms with van der Waals surface area (Å²) in [5.74, 6) is -1.21. The first kappa shape index (κ1) is 15.1. The van der Waals surface area contributed by atoms with E-state index in [9.17, 15) is 13.2 Å². The summed E-state index contributed by atoms with van der Waals surface area (Å²) in [5, 5.41) is 8.49. The molecule has 0 atom stereocenters. The van der Waals surface area contributed by atoms with E-state index in [-0.39, 0.29) is 16.3 Å². The largest absolute Gasteiger partial charge is 0.478 e. The van der Waals surface area contributed by atoms with Crippen LogP contribution in [0.2, 0.25) is 5.02 Å². The summed E-state index contributed by atoms with van der Waals surface area (Å²) in [7, 11) is -3.56. The summed E-state index contributed by atoms with van der Waals surface area (Å²) >= 11 is 5.74. The molecule has 0 radical (unpaired) electrons.